The molecule has 0 aromatic rings. The van der Waals surface area contributed by atoms with Gasteiger partial charge >= 0.3 is 0 Å². The summed E-state index contributed by atoms with van der Waals surface area (Å²) in [5.41, 5.74) is 2.60. The summed E-state index contributed by atoms with van der Waals surface area (Å²) in [5, 5.41) is 0. The lowest BCUT2D eigenvalue weighted by Crippen LogP contribution is -2.68. The Morgan fingerprint density at radius 3 is 2.06 bits per heavy atom. The second-order valence-electron chi connectivity index (χ2n) is 15.4. The van der Waals surface area contributed by atoms with Gasteiger partial charge in [0.25, 0.3) is 0 Å². The standard InChI is InChI=1S/C30H50O/c1-19(2)20-10-11-22-26(20,5)16-17-27(6)23-13-12-21-25(3,4)14-9-15-28(21,7)30(23)24(31-30)18-29(22,27)8/h19-24H,9-18H2,1-8H3/t20-,21+,22-,23-,24-,26-,27-,28+,29+,30+/m1/s1. The van der Waals surface area contributed by atoms with Gasteiger partial charge < -0.3 is 4.74 Å². The van der Waals surface area contributed by atoms with E-state index in [0.29, 0.717) is 33.2 Å². The van der Waals surface area contributed by atoms with Gasteiger partial charge in [-0.1, -0.05) is 61.8 Å². The highest BCUT2D eigenvalue weighted by atomic mass is 16.6. The van der Waals surface area contributed by atoms with Gasteiger partial charge in [0.2, 0.25) is 0 Å². The van der Waals surface area contributed by atoms with Gasteiger partial charge in [-0.05, 0) is 109 Å². The van der Waals surface area contributed by atoms with Crippen LogP contribution in [-0.2, 0) is 4.74 Å². The Hall–Kier alpha value is -0.0400. The molecule has 0 unspecified atom stereocenters. The summed E-state index contributed by atoms with van der Waals surface area (Å²) >= 11 is 0. The highest BCUT2D eigenvalue weighted by molar-refractivity contribution is 5.31. The Morgan fingerprint density at radius 1 is 0.677 bits per heavy atom. The molecule has 6 fully saturated rings. The molecule has 0 amide bonds. The van der Waals surface area contributed by atoms with E-state index in [9.17, 15) is 0 Å². The molecule has 31 heavy (non-hydrogen) atoms. The quantitative estimate of drug-likeness (QED) is 0.384. The number of fused-ring (bicyclic) bond motifs is 5. The molecule has 10 atom stereocenters. The molecule has 0 aromatic heterocycles. The largest absolute Gasteiger partial charge is 0.365 e. The van der Waals surface area contributed by atoms with Crippen LogP contribution in [0.5, 0.6) is 0 Å². The van der Waals surface area contributed by atoms with Crippen LogP contribution in [0.15, 0.2) is 0 Å². The summed E-state index contributed by atoms with van der Waals surface area (Å²) < 4.78 is 7.11. The molecular formula is C30H50O. The fourth-order valence-electron chi connectivity index (χ4n) is 12.6. The smallest absolute Gasteiger partial charge is 0.104 e. The van der Waals surface area contributed by atoms with Gasteiger partial charge in [0.15, 0.2) is 0 Å². The van der Waals surface area contributed by atoms with Crippen molar-refractivity contribution in [3.63, 3.8) is 0 Å². The third-order valence-electron chi connectivity index (χ3n) is 14.0. The van der Waals surface area contributed by atoms with Crippen molar-refractivity contribution in [2.75, 3.05) is 0 Å². The minimum Gasteiger partial charge on any atom is -0.365 e. The molecular weight excluding hydrogens is 376 g/mol. The summed E-state index contributed by atoms with van der Waals surface area (Å²) in [4.78, 5) is 0. The van der Waals surface area contributed by atoms with Gasteiger partial charge in [-0.25, -0.2) is 0 Å². The topological polar surface area (TPSA) is 12.5 Å². The van der Waals surface area contributed by atoms with E-state index >= 15 is 0 Å². The van der Waals surface area contributed by atoms with E-state index in [1.807, 2.05) is 0 Å². The normalized spacial score (nSPS) is 61.6. The monoisotopic (exact) mass is 426 g/mol. The zero-order chi connectivity index (χ0) is 22.2. The number of epoxide rings is 1. The van der Waals surface area contributed by atoms with Crippen molar-refractivity contribution >= 4 is 0 Å². The maximum atomic E-state index is 7.11. The highest BCUT2D eigenvalue weighted by Gasteiger charge is 2.83. The molecule has 176 valence electrons. The lowest BCUT2D eigenvalue weighted by Gasteiger charge is -2.70. The van der Waals surface area contributed by atoms with Crippen molar-refractivity contribution in [2.45, 2.75) is 131 Å². The zero-order valence-corrected chi connectivity index (χ0v) is 21.9. The Morgan fingerprint density at radius 2 is 1.35 bits per heavy atom. The van der Waals surface area contributed by atoms with E-state index in [1.165, 1.54) is 64.2 Å². The van der Waals surface area contributed by atoms with E-state index in [1.54, 1.807) is 0 Å². The summed E-state index contributed by atoms with van der Waals surface area (Å²) in [6.07, 6.45) is 14.9. The predicted octanol–water partition coefficient (Wildman–Crippen LogP) is 8.27. The van der Waals surface area contributed by atoms with Crippen LogP contribution in [-0.4, -0.2) is 11.7 Å². The van der Waals surface area contributed by atoms with Crippen molar-refractivity contribution in [1.29, 1.82) is 0 Å². The summed E-state index contributed by atoms with van der Waals surface area (Å²) in [7, 11) is 0. The van der Waals surface area contributed by atoms with Crippen LogP contribution in [0.2, 0.25) is 0 Å². The van der Waals surface area contributed by atoms with Crippen molar-refractivity contribution in [3.05, 3.63) is 0 Å². The maximum Gasteiger partial charge on any atom is 0.104 e. The SMILES string of the molecule is CC(C)[C@H]1CC[C@@H]2[C@]1(C)CC[C@]1(C)[C@H]3CC[C@H]4C(C)(C)CCC[C@]4(C)[C@]34O[C@@H]4C[C@@]21C. The van der Waals surface area contributed by atoms with Crippen LogP contribution in [0.25, 0.3) is 0 Å². The molecule has 0 bridgehead atoms. The first-order valence-corrected chi connectivity index (χ1v) is 14.0. The van der Waals surface area contributed by atoms with E-state index in [4.69, 9.17) is 4.74 Å². The van der Waals surface area contributed by atoms with E-state index in [2.05, 4.69) is 55.4 Å². The molecule has 5 saturated carbocycles. The summed E-state index contributed by atoms with van der Waals surface area (Å²) in [6.45, 7) is 21.1. The fraction of sp³-hybridized carbons (Fsp3) is 1.00. The molecule has 0 radical (unpaired) electrons. The first-order chi connectivity index (χ1) is 14.4. The van der Waals surface area contributed by atoms with Crippen LogP contribution >= 0.6 is 0 Å². The second-order valence-corrected chi connectivity index (χ2v) is 15.4. The van der Waals surface area contributed by atoms with Crippen LogP contribution in [0.1, 0.15) is 120 Å². The van der Waals surface area contributed by atoms with Crippen molar-refractivity contribution in [3.8, 4) is 0 Å². The van der Waals surface area contributed by atoms with Crippen molar-refractivity contribution in [1.82, 2.24) is 0 Å². The fourth-order valence-corrected chi connectivity index (χ4v) is 12.6. The minimum absolute atomic E-state index is 0.214. The van der Waals surface area contributed by atoms with Gasteiger partial charge in [0, 0.05) is 5.41 Å². The maximum absolute atomic E-state index is 7.11. The average molecular weight is 427 g/mol. The number of hydrogen-bond acceptors (Lipinski definition) is 1. The zero-order valence-electron chi connectivity index (χ0n) is 21.9. The van der Waals surface area contributed by atoms with Gasteiger partial charge in [-0.3, -0.25) is 0 Å². The van der Waals surface area contributed by atoms with Crippen molar-refractivity contribution in [2.24, 2.45) is 56.7 Å². The van der Waals surface area contributed by atoms with E-state index < -0.39 is 0 Å². The van der Waals surface area contributed by atoms with Crippen LogP contribution in [0, 0.1) is 56.7 Å². The number of hydrogen-bond donors (Lipinski definition) is 0. The van der Waals surface area contributed by atoms with Crippen molar-refractivity contribution < 1.29 is 4.74 Å². The lowest BCUT2D eigenvalue weighted by atomic mass is 9.33. The molecule has 0 N–H and O–H groups in total. The summed E-state index contributed by atoms with van der Waals surface area (Å²) in [6, 6.07) is 0. The van der Waals surface area contributed by atoms with E-state index in [0.717, 1.165) is 29.6 Å². The first kappa shape index (κ1) is 21.5. The molecule has 0 aromatic carbocycles. The molecule has 1 nitrogen and oxygen atoms in total. The molecule has 6 aliphatic rings. The summed E-state index contributed by atoms with van der Waals surface area (Å²) in [5.74, 6) is 4.32. The Labute approximate surface area is 192 Å². The van der Waals surface area contributed by atoms with Crippen LogP contribution < -0.4 is 0 Å². The molecule has 5 aliphatic carbocycles. The minimum atomic E-state index is 0.214. The average Bonchev–Trinajstić information content (AvgIpc) is 3.25. The first-order valence-electron chi connectivity index (χ1n) is 14.0. The number of rotatable bonds is 1. The third kappa shape index (κ3) is 2.21. The third-order valence-corrected chi connectivity index (χ3v) is 14.0. The Bertz CT molecular complexity index is 783. The molecule has 1 heterocycles. The van der Waals surface area contributed by atoms with Gasteiger partial charge in [-0.15, -0.1) is 0 Å². The number of ether oxygens (including phenoxy) is 1. The molecule has 1 saturated heterocycles. The molecule has 1 spiro atoms. The predicted molar refractivity (Wildman–Crippen MR) is 129 cm³/mol. The lowest BCUT2D eigenvalue weighted by molar-refractivity contribution is -0.213. The van der Waals surface area contributed by atoms with Crippen LogP contribution in [0.3, 0.4) is 0 Å². The van der Waals surface area contributed by atoms with Crippen LogP contribution in [0.4, 0.5) is 0 Å². The molecule has 1 heteroatoms. The van der Waals surface area contributed by atoms with E-state index in [-0.39, 0.29) is 5.60 Å². The molecule has 1 aliphatic heterocycles. The van der Waals surface area contributed by atoms with Gasteiger partial charge in [-0.2, -0.15) is 0 Å². The Balaban J connectivity index is 1.41. The molecule has 6 rings (SSSR count). The van der Waals surface area contributed by atoms with Gasteiger partial charge in [0.05, 0.1) is 6.10 Å². The Kier molecular flexibility index (Phi) is 4.13. The highest BCUT2D eigenvalue weighted by Crippen LogP contribution is 2.83. The van der Waals surface area contributed by atoms with Gasteiger partial charge in [0.1, 0.15) is 5.60 Å². The second kappa shape index (κ2) is 5.95.